The van der Waals surface area contributed by atoms with Crippen molar-refractivity contribution in [3.63, 3.8) is 0 Å². The second-order valence-corrected chi connectivity index (χ2v) is 2.85. The molecule has 5 nitrogen and oxygen atoms in total. The number of ether oxygens (including phenoxy) is 1. The molecule has 66 valence electrons. The maximum atomic E-state index is 10.7. The molecule has 0 unspecified atom stereocenters. The third kappa shape index (κ3) is 1.29. The van der Waals surface area contributed by atoms with E-state index in [-0.39, 0.29) is 11.4 Å². The minimum absolute atomic E-state index is 0.0417. The Morgan fingerprint density at radius 1 is 1.75 bits per heavy atom. The molecule has 0 aliphatic rings. The molecule has 1 rings (SSSR count). The Kier molecular flexibility index (Phi) is 2.37. The predicted octanol–water partition coefficient (Wildman–Crippen LogP) is 0.889. The van der Waals surface area contributed by atoms with Crippen LogP contribution in [0.4, 0.5) is 0 Å². The van der Waals surface area contributed by atoms with Gasteiger partial charge >= 0.3 is 5.97 Å². The summed E-state index contributed by atoms with van der Waals surface area (Å²) in [7, 11) is 3.00. The maximum Gasteiger partial charge on any atom is 0.344 e. The lowest BCUT2D eigenvalue weighted by Crippen LogP contribution is -1.98. The van der Waals surface area contributed by atoms with Crippen LogP contribution in [-0.4, -0.2) is 28.0 Å². The largest absolute Gasteiger partial charge is 0.479 e. The lowest BCUT2D eigenvalue weighted by Gasteiger charge is -1.93. The molecule has 0 radical (unpaired) electrons. The van der Waals surface area contributed by atoms with E-state index in [1.165, 1.54) is 11.8 Å². The second-order valence-electron chi connectivity index (χ2n) is 2.10. The summed E-state index contributed by atoms with van der Waals surface area (Å²) in [6.07, 6.45) is 0. The Balaban J connectivity index is 3.31. The first-order chi connectivity index (χ1) is 5.57. The smallest absolute Gasteiger partial charge is 0.344 e. The molecule has 1 N–H and O–H groups in total. The predicted molar refractivity (Wildman–Crippen MR) is 44.4 cm³/mol. The lowest BCUT2D eigenvalue weighted by atomic mass is 10.3. The zero-order valence-electron chi connectivity index (χ0n) is 6.54. The Morgan fingerprint density at radius 3 is 2.67 bits per heavy atom. The third-order valence-corrected chi connectivity index (χ3v) is 2.26. The lowest BCUT2D eigenvalue weighted by molar-refractivity contribution is 0.0692. The first-order valence-electron chi connectivity index (χ1n) is 3.07. The van der Waals surface area contributed by atoms with Crippen LogP contribution < -0.4 is 4.74 Å². The molecule has 1 aromatic rings. The van der Waals surface area contributed by atoms with Gasteiger partial charge in [-0.2, -0.15) is 0 Å². The molecule has 6 heteroatoms. The van der Waals surface area contributed by atoms with Gasteiger partial charge in [-0.05, 0) is 15.9 Å². The van der Waals surface area contributed by atoms with Crippen LogP contribution in [0.2, 0.25) is 0 Å². The van der Waals surface area contributed by atoms with Gasteiger partial charge in [-0.3, -0.25) is 4.68 Å². The van der Waals surface area contributed by atoms with Crippen molar-refractivity contribution in [3.05, 3.63) is 10.2 Å². The van der Waals surface area contributed by atoms with Gasteiger partial charge in [-0.1, -0.05) is 0 Å². The van der Waals surface area contributed by atoms with Crippen LogP contribution in [0.1, 0.15) is 10.4 Å². The standard InChI is InChI=1S/C6H7BrN2O3/c1-9-4(7)3(6(10)11)5(8-9)12-2/h1-2H3,(H,10,11). The highest BCUT2D eigenvalue weighted by Crippen LogP contribution is 2.24. The van der Waals surface area contributed by atoms with Gasteiger partial charge in [-0.15, -0.1) is 5.10 Å². The normalized spacial score (nSPS) is 9.92. The SMILES string of the molecule is COc1nn(C)c(Br)c1C(=O)O. The fraction of sp³-hybridized carbons (Fsp3) is 0.333. The molecule has 0 saturated carbocycles. The van der Waals surface area contributed by atoms with E-state index in [2.05, 4.69) is 21.0 Å². The molecule has 0 fully saturated rings. The van der Waals surface area contributed by atoms with Crippen LogP contribution in [0.3, 0.4) is 0 Å². The fourth-order valence-corrected chi connectivity index (χ4v) is 1.22. The summed E-state index contributed by atoms with van der Waals surface area (Å²) in [5, 5.41) is 12.5. The molecule has 12 heavy (non-hydrogen) atoms. The van der Waals surface area contributed by atoms with E-state index in [1.54, 1.807) is 7.05 Å². The van der Waals surface area contributed by atoms with Crippen molar-refractivity contribution in [2.24, 2.45) is 7.05 Å². The van der Waals surface area contributed by atoms with E-state index in [0.29, 0.717) is 4.60 Å². The van der Waals surface area contributed by atoms with Crippen LogP contribution in [0, 0.1) is 0 Å². The van der Waals surface area contributed by atoms with E-state index in [4.69, 9.17) is 9.84 Å². The number of halogens is 1. The summed E-state index contributed by atoms with van der Waals surface area (Å²) in [5.74, 6) is -0.955. The van der Waals surface area contributed by atoms with E-state index < -0.39 is 5.97 Å². The summed E-state index contributed by atoms with van der Waals surface area (Å²) in [5.41, 5.74) is 0.0417. The van der Waals surface area contributed by atoms with Crippen molar-refractivity contribution in [2.45, 2.75) is 0 Å². The quantitative estimate of drug-likeness (QED) is 0.826. The van der Waals surface area contributed by atoms with Gasteiger partial charge in [-0.25, -0.2) is 4.79 Å². The summed E-state index contributed by atoms with van der Waals surface area (Å²) in [6, 6.07) is 0. The number of aryl methyl sites for hydroxylation is 1. The van der Waals surface area contributed by atoms with Gasteiger partial charge in [0.1, 0.15) is 4.60 Å². The summed E-state index contributed by atoms with van der Waals surface area (Å²) in [6.45, 7) is 0. The average Bonchev–Trinajstić information content (AvgIpc) is 2.28. The molecule has 0 amide bonds. The number of hydrogen-bond donors (Lipinski definition) is 1. The average molecular weight is 235 g/mol. The van der Waals surface area contributed by atoms with Gasteiger partial charge in [0, 0.05) is 7.05 Å². The molecule has 0 atom stereocenters. The van der Waals surface area contributed by atoms with Crippen LogP contribution >= 0.6 is 15.9 Å². The second kappa shape index (κ2) is 3.14. The highest BCUT2D eigenvalue weighted by Gasteiger charge is 2.20. The summed E-state index contributed by atoms with van der Waals surface area (Å²) >= 11 is 3.08. The van der Waals surface area contributed by atoms with E-state index >= 15 is 0 Å². The van der Waals surface area contributed by atoms with E-state index in [9.17, 15) is 4.79 Å². The van der Waals surface area contributed by atoms with Crippen molar-refractivity contribution < 1.29 is 14.6 Å². The van der Waals surface area contributed by atoms with Crippen molar-refractivity contribution >= 4 is 21.9 Å². The Hall–Kier alpha value is -1.04. The summed E-state index contributed by atoms with van der Waals surface area (Å²) in [4.78, 5) is 10.7. The van der Waals surface area contributed by atoms with Crippen molar-refractivity contribution in [2.75, 3.05) is 7.11 Å². The number of methoxy groups -OCH3 is 1. The van der Waals surface area contributed by atoms with Gasteiger partial charge < -0.3 is 9.84 Å². The first kappa shape index (κ1) is 9.05. The number of carboxylic acid groups (broad SMARTS) is 1. The van der Waals surface area contributed by atoms with Crippen molar-refractivity contribution in [1.29, 1.82) is 0 Å². The molecular weight excluding hydrogens is 228 g/mol. The van der Waals surface area contributed by atoms with Gasteiger partial charge in [0.05, 0.1) is 7.11 Å². The fourth-order valence-electron chi connectivity index (χ4n) is 0.803. The molecule has 0 bridgehead atoms. The van der Waals surface area contributed by atoms with Gasteiger partial charge in [0.2, 0.25) is 5.88 Å². The number of rotatable bonds is 2. The maximum absolute atomic E-state index is 10.7. The van der Waals surface area contributed by atoms with E-state index in [1.807, 2.05) is 0 Å². The first-order valence-corrected chi connectivity index (χ1v) is 3.87. The van der Waals surface area contributed by atoms with Crippen LogP contribution in [0.25, 0.3) is 0 Å². The third-order valence-electron chi connectivity index (χ3n) is 1.35. The topological polar surface area (TPSA) is 64.4 Å². The molecular formula is C6H7BrN2O3. The molecule has 0 aromatic carbocycles. The number of carbonyl (C=O) groups is 1. The molecule has 0 aliphatic heterocycles. The number of carboxylic acids is 1. The van der Waals surface area contributed by atoms with Crippen molar-refractivity contribution in [3.8, 4) is 5.88 Å². The minimum atomic E-state index is -1.06. The Morgan fingerprint density at radius 2 is 2.33 bits per heavy atom. The monoisotopic (exact) mass is 234 g/mol. The minimum Gasteiger partial charge on any atom is -0.479 e. The number of nitrogens with zero attached hydrogens (tertiary/aromatic N) is 2. The van der Waals surface area contributed by atoms with Crippen LogP contribution in [0.5, 0.6) is 5.88 Å². The molecule has 1 heterocycles. The number of aromatic nitrogens is 2. The molecule has 0 aliphatic carbocycles. The summed E-state index contributed by atoms with van der Waals surface area (Å²) < 4.78 is 6.55. The van der Waals surface area contributed by atoms with Gasteiger partial charge in [0.25, 0.3) is 0 Å². The van der Waals surface area contributed by atoms with Crippen LogP contribution in [0.15, 0.2) is 4.60 Å². The number of hydrogen-bond acceptors (Lipinski definition) is 3. The van der Waals surface area contributed by atoms with Crippen LogP contribution in [-0.2, 0) is 7.05 Å². The Bertz CT molecular complexity index is 321. The highest BCUT2D eigenvalue weighted by molar-refractivity contribution is 9.10. The zero-order chi connectivity index (χ0) is 9.30. The number of aromatic carboxylic acids is 1. The zero-order valence-corrected chi connectivity index (χ0v) is 8.12. The molecule has 0 saturated heterocycles. The Labute approximate surface area is 77.1 Å². The highest BCUT2D eigenvalue weighted by atomic mass is 79.9. The van der Waals surface area contributed by atoms with E-state index in [0.717, 1.165) is 0 Å². The van der Waals surface area contributed by atoms with Gasteiger partial charge in [0.15, 0.2) is 5.56 Å². The van der Waals surface area contributed by atoms with Crippen molar-refractivity contribution in [1.82, 2.24) is 9.78 Å². The molecule has 0 spiro atoms. The molecule has 1 aromatic heterocycles.